The molecule has 0 saturated heterocycles. The van der Waals surface area contributed by atoms with Crippen LogP contribution in [0, 0.1) is 78.3 Å². The van der Waals surface area contributed by atoms with E-state index in [2.05, 4.69) is 104 Å². The van der Waals surface area contributed by atoms with Crippen LogP contribution in [0.3, 0.4) is 0 Å². The zero-order valence-electron chi connectivity index (χ0n) is 26.6. The summed E-state index contributed by atoms with van der Waals surface area (Å²) < 4.78 is 0. The van der Waals surface area contributed by atoms with Crippen molar-refractivity contribution in [2.75, 3.05) is 0 Å². The molecule has 1 spiro atoms. The first kappa shape index (κ1) is 26.6. The van der Waals surface area contributed by atoms with Crippen LogP contribution in [0.2, 0.25) is 0 Å². The second-order valence-electron chi connectivity index (χ2n) is 17.9. The Kier molecular flexibility index (Phi) is 5.00. The van der Waals surface area contributed by atoms with Gasteiger partial charge in [-0.25, -0.2) is 0 Å². The van der Waals surface area contributed by atoms with E-state index < -0.39 is 0 Å². The highest BCUT2D eigenvalue weighted by Crippen LogP contribution is 3.00. The van der Waals surface area contributed by atoms with Gasteiger partial charge in [-0.1, -0.05) is 110 Å². The Morgan fingerprint density at radius 1 is 0.686 bits per heavy atom. The largest absolute Gasteiger partial charge is 0.0651 e. The molecule has 0 heterocycles. The number of rotatable bonds is 4. The molecule has 6 rings (SSSR count). The monoisotopic (exact) mass is 482 g/mol. The fourth-order valence-electron chi connectivity index (χ4n) is 15.6. The van der Waals surface area contributed by atoms with Crippen molar-refractivity contribution < 1.29 is 0 Å². The third-order valence-corrected chi connectivity index (χ3v) is 17.6. The first-order chi connectivity index (χ1) is 15.7. The Morgan fingerprint density at radius 3 is 1.71 bits per heavy atom. The molecular formula is C35H62. The maximum atomic E-state index is 2.88. The summed E-state index contributed by atoms with van der Waals surface area (Å²) in [5.41, 5.74) is 3.83. The lowest BCUT2D eigenvalue weighted by atomic mass is 9.17. The summed E-state index contributed by atoms with van der Waals surface area (Å²) in [6.07, 6.45) is 8.61. The number of hydrogen-bond acceptors (Lipinski definition) is 0. The van der Waals surface area contributed by atoms with Crippen LogP contribution in [0.15, 0.2) is 0 Å². The maximum absolute atomic E-state index is 2.88. The van der Waals surface area contributed by atoms with E-state index in [1.165, 1.54) is 38.5 Å². The Balaban J connectivity index is 1.88. The minimum atomic E-state index is 0.370. The van der Waals surface area contributed by atoms with Gasteiger partial charge in [0.1, 0.15) is 0 Å². The molecule has 0 radical (unpaired) electrons. The van der Waals surface area contributed by atoms with Crippen molar-refractivity contribution >= 4 is 0 Å². The van der Waals surface area contributed by atoms with Gasteiger partial charge in [-0.15, -0.1) is 0 Å². The highest BCUT2D eigenvalue weighted by Gasteiger charge is 2.94. The molecule has 2 bridgehead atoms. The summed E-state index contributed by atoms with van der Waals surface area (Å²) >= 11 is 0. The SMILES string of the molecule is CCC(C)C1(C(C)C)CC(C)C23CC(C)(C)C(C)(C2)C3(C)C2(C)CC3(C)C(C(C)C)CC1(C)C32C. The molecule has 11 atom stereocenters. The smallest absolute Gasteiger partial charge is 0.0148 e. The molecule has 6 aliphatic rings. The van der Waals surface area contributed by atoms with E-state index in [-0.39, 0.29) is 0 Å². The molecule has 0 heteroatoms. The lowest BCUT2D eigenvalue weighted by Crippen LogP contribution is -2.82. The molecule has 0 aromatic rings. The van der Waals surface area contributed by atoms with E-state index in [4.69, 9.17) is 0 Å². The predicted octanol–water partition coefficient (Wildman–Crippen LogP) is 10.7. The van der Waals surface area contributed by atoms with E-state index in [0.29, 0.717) is 48.7 Å². The fourth-order valence-corrected chi connectivity index (χ4v) is 15.6. The number of fused-ring (bicyclic) bond motifs is 1. The summed E-state index contributed by atoms with van der Waals surface area (Å²) in [4.78, 5) is 0. The van der Waals surface area contributed by atoms with Crippen LogP contribution < -0.4 is 0 Å². The molecular weight excluding hydrogens is 420 g/mol. The third-order valence-electron chi connectivity index (χ3n) is 17.6. The zero-order valence-corrected chi connectivity index (χ0v) is 26.6. The molecule has 0 aliphatic heterocycles. The van der Waals surface area contributed by atoms with Gasteiger partial charge in [0.15, 0.2) is 0 Å². The molecule has 0 nitrogen and oxygen atoms in total. The molecule has 6 fully saturated rings. The van der Waals surface area contributed by atoms with Gasteiger partial charge in [-0.05, 0) is 110 Å². The van der Waals surface area contributed by atoms with Crippen molar-refractivity contribution in [2.45, 2.75) is 142 Å². The zero-order chi connectivity index (χ0) is 26.6. The molecule has 6 aliphatic carbocycles. The summed E-state index contributed by atoms with van der Waals surface area (Å²) in [5.74, 6) is 3.93. The highest BCUT2D eigenvalue weighted by molar-refractivity contribution is 5.42. The van der Waals surface area contributed by atoms with Crippen molar-refractivity contribution in [1.29, 1.82) is 0 Å². The average molecular weight is 483 g/mol. The van der Waals surface area contributed by atoms with Gasteiger partial charge in [0, 0.05) is 0 Å². The molecule has 0 N–H and O–H groups in total. The summed E-state index contributed by atoms with van der Waals surface area (Å²) in [6, 6.07) is 0. The van der Waals surface area contributed by atoms with Crippen LogP contribution in [0.4, 0.5) is 0 Å². The van der Waals surface area contributed by atoms with Crippen molar-refractivity contribution in [3.63, 3.8) is 0 Å². The normalized spacial score (nSPS) is 60.9. The maximum Gasteiger partial charge on any atom is -0.0148 e. The number of hydrogen-bond donors (Lipinski definition) is 0. The fraction of sp³-hybridized carbons (Fsp3) is 1.00. The Morgan fingerprint density at radius 2 is 1.26 bits per heavy atom. The Labute approximate surface area is 220 Å². The van der Waals surface area contributed by atoms with Crippen molar-refractivity contribution in [2.24, 2.45) is 78.3 Å². The van der Waals surface area contributed by atoms with Gasteiger partial charge >= 0.3 is 0 Å². The second-order valence-corrected chi connectivity index (χ2v) is 17.9. The third kappa shape index (κ3) is 2.06. The van der Waals surface area contributed by atoms with Crippen molar-refractivity contribution in [3.8, 4) is 0 Å². The van der Waals surface area contributed by atoms with Gasteiger partial charge in [0.25, 0.3) is 0 Å². The van der Waals surface area contributed by atoms with E-state index in [0.717, 1.165) is 29.6 Å². The van der Waals surface area contributed by atoms with Crippen LogP contribution in [-0.2, 0) is 0 Å². The second kappa shape index (κ2) is 6.58. The van der Waals surface area contributed by atoms with Crippen LogP contribution >= 0.6 is 0 Å². The molecule has 202 valence electrons. The van der Waals surface area contributed by atoms with Crippen molar-refractivity contribution in [3.05, 3.63) is 0 Å². The topological polar surface area (TPSA) is 0 Å². The van der Waals surface area contributed by atoms with E-state index >= 15 is 0 Å². The lowest BCUT2D eigenvalue weighted by molar-refractivity contribution is -0.398. The van der Waals surface area contributed by atoms with E-state index in [9.17, 15) is 0 Å². The van der Waals surface area contributed by atoms with E-state index in [1.807, 2.05) is 0 Å². The van der Waals surface area contributed by atoms with Crippen molar-refractivity contribution in [1.82, 2.24) is 0 Å². The summed E-state index contributed by atoms with van der Waals surface area (Å²) in [7, 11) is 0. The molecule has 11 unspecified atom stereocenters. The predicted molar refractivity (Wildman–Crippen MR) is 152 cm³/mol. The van der Waals surface area contributed by atoms with Gasteiger partial charge < -0.3 is 0 Å². The Hall–Kier alpha value is 0. The van der Waals surface area contributed by atoms with Gasteiger partial charge in [0.05, 0.1) is 0 Å². The van der Waals surface area contributed by atoms with E-state index in [1.54, 1.807) is 0 Å². The standard InChI is InChI=1S/C35H62/c1-16-24(6)35(23(4)5)17-25(7)34-19-27(8,9)30(12,21-34)33(34,15)31(13)20-28(10)26(22(2)3)18-29(35,11)32(28,31)14/h22-26H,16-21H2,1-15H3. The minimum Gasteiger partial charge on any atom is -0.0651 e. The molecule has 0 aromatic heterocycles. The summed E-state index contributed by atoms with van der Waals surface area (Å²) in [6.45, 7) is 40.5. The first-order valence-corrected chi connectivity index (χ1v) is 15.7. The molecule has 0 aromatic carbocycles. The van der Waals surface area contributed by atoms with Crippen LogP contribution in [-0.4, -0.2) is 0 Å². The van der Waals surface area contributed by atoms with Gasteiger partial charge in [-0.2, -0.15) is 0 Å². The molecule has 35 heavy (non-hydrogen) atoms. The average Bonchev–Trinajstić information content (AvgIpc) is 3.14. The first-order valence-electron chi connectivity index (χ1n) is 15.7. The Bertz CT molecular complexity index is 926. The van der Waals surface area contributed by atoms with Gasteiger partial charge in [0.2, 0.25) is 0 Å². The van der Waals surface area contributed by atoms with Gasteiger partial charge in [-0.3, -0.25) is 0 Å². The van der Waals surface area contributed by atoms with Crippen LogP contribution in [0.25, 0.3) is 0 Å². The lowest BCUT2D eigenvalue weighted by Gasteiger charge is -2.87. The van der Waals surface area contributed by atoms with Crippen LogP contribution in [0.1, 0.15) is 142 Å². The minimum absolute atomic E-state index is 0.370. The molecule has 0 amide bonds. The summed E-state index contributed by atoms with van der Waals surface area (Å²) in [5, 5.41) is 0. The highest BCUT2D eigenvalue weighted by atomic mass is 15.0. The van der Waals surface area contributed by atoms with Crippen LogP contribution in [0.5, 0.6) is 0 Å². The molecule has 6 saturated carbocycles. The quantitative estimate of drug-likeness (QED) is 0.374.